The zero-order valence-electron chi connectivity index (χ0n) is 13.3. The van der Waals surface area contributed by atoms with Gasteiger partial charge in [0.05, 0.1) is 11.9 Å². The van der Waals surface area contributed by atoms with Crippen LogP contribution in [0.3, 0.4) is 0 Å². The van der Waals surface area contributed by atoms with E-state index in [0.29, 0.717) is 0 Å². The van der Waals surface area contributed by atoms with Crippen LogP contribution in [-0.2, 0) is 0 Å². The first-order valence-electron chi connectivity index (χ1n) is 7.48. The Balaban J connectivity index is 0.00000208. The minimum Gasteiger partial charge on any atom is -0.457 e. The monoisotopic (exact) mass is 338 g/mol. The number of hydrogen-bond donors (Lipinski definition) is 1. The molecule has 0 amide bonds. The van der Waals surface area contributed by atoms with Crippen molar-refractivity contribution >= 4 is 24.3 Å². The Kier molecular flexibility index (Phi) is 6.41. The molecule has 0 aliphatic rings. The number of anilines is 1. The third kappa shape index (κ3) is 5.14. The van der Waals surface area contributed by atoms with Gasteiger partial charge in [-0.25, -0.2) is 0 Å². The number of halogens is 1. The minimum absolute atomic E-state index is 0. The van der Waals surface area contributed by atoms with Crippen molar-refractivity contribution in [1.29, 1.82) is 0 Å². The van der Waals surface area contributed by atoms with E-state index in [1.165, 1.54) is 5.56 Å². The smallest absolute Gasteiger partial charge is 0.128 e. The average Bonchev–Trinajstić information content (AvgIpc) is 2.58. The topological polar surface area (TPSA) is 33.6 Å². The lowest BCUT2D eigenvalue weighted by Crippen LogP contribution is -1.91. The highest BCUT2D eigenvalue weighted by molar-refractivity contribution is 5.85. The number of benzene rings is 3. The van der Waals surface area contributed by atoms with E-state index in [0.717, 1.165) is 22.7 Å². The van der Waals surface area contributed by atoms with Crippen molar-refractivity contribution in [2.75, 3.05) is 5.43 Å². The van der Waals surface area contributed by atoms with E-state index in [9.17, 15) is 0 Å². The Labute approximate surface area is 148 Å². The third-order valence-corrected chi connectivity index (χ3v) is 3.30. The molecule has 0 spiro atoms. The van der Waals surface area contributed by atoms with Crippen molar-refractivity contribution in [2.45, 2.75) is 6.92 Å². The van der Waals surface area contributed by atoms with Crippen LogP contribution in [0.4, 0.5) is 5.69 Å². The summed E-state index contributed by atoms with van der Waals surface area (Å²) in [6.07, 6.45) is 1.78. The second kappa shape index (κ2) is 8.75. The van der Waals surface area contributed by atoms with Gasteiger partial charge in [0.25, 0.3) is 0 Å². The number of hydrazone groups is 1. The molecule has 0 radical (unpaired) electrons. The molecular weight excluding hydrogens is 320 g/mol. The van der Waals surface area contributed by atoms with Gasteiger partial charge in [0.1, 0.15) is 11.5 Å². The van der Waals surface area contributed by atoms with Gasteiger partial charge in [-0.15, -0.1) is 12.4 Å². The minimum atomic E-state index is 0. The summed E-state index contributed by atoms with van der Waals surface area (Å²) < 4.78 is 5.81. The number of para-hydroxylation sites is 1. The van der Waals surface area contributed by atoms with E-state index in [2.05, 4.69) is 17.5 Å². The molecule has 0 saturated carbocycles. The summed E-state index contributed by atoms with van der Waals surface area (Å²) >= 11 is 0. The summed E-state index contributed by atoms with van der Waals surface area (Å²) in [5, 5.41) is 4.26. The molecule has 0 aliphatic carbocycles. The van der Waals surface area contributed by atoms with Crippen LogP contribution >= 0.6 is 12.4 Å². The fourth-order valence-electron chi connectivity index (χ4n) is 2.09. The van der Waals surface area contributed by atoms with E-state index in [1.54, 1.807) is 6.21 Å². The van der Waals surface area contributed by atoms with Gasteiger partial charge in [-0.1, -0.05) is 48.0 Å². The van der Waals surface area contributed by atoms with Crippen molar-refractivity contribution in [3.8, 4) is 11.5 Å². The first-order chi connectivity index (χ1) is 11.3. The maximum atomic E-state index is 5.81. The highest BCUT2D eigenvalue weighted by atomic mass is 35.5. The Morgan fingerprint density at radius 2 is 1.54 bits per heavy atom. The highest BCUT2D eigenvalue weighted by Crippen LogP contribution is 2.21. The van der Waals surface area contributed by atoms with Gasteiger partial charge in [0, 0.05) is 0 Å². The lowest BCUT2D eigenvalue weighted by molar-refractivity contribution is 0.482. The summed E-state index contributed by atoms with van der Waals surface area (Å²) in [6, 6.07) is 25.6. The molecule has 0 aliphatic heterocycles. The Hall–Kier alpha value is -2.78. The van der Waals surface area contributed by atoms with Crippen LogP contribution < -0.4 is 10.2 Å². The number of hydrogen-bond acceptors (Lipinski definition) is 3. The van der Waals surface area contributed by atoms with Crippen LogP contribution in [0.5, 0.6) is 11.5 Å². The summed E-state index contributed by atoms with van der Waals surface area (Å²) in [5.74, 6) is 1.61. The predicted octanol–water partition coefficient (Wildman–Crippen LogP) is 5.66. The molecule has 0 aromatic heterocycles. The summed E-state index contributed by atoms with van der Waals surface area (Å²) in [6.45, 7) is 2.06. The quantitative estimate of drug-likeness (QED) is 0.481. The summed E-state index contributed by atoms with van der Waals surface area (Å²) in [5.41, 5.74) is 6.18. The first-order valence-corrected chi connectivity index (χ1v) is 7.48. The number of rotatable bonds is 5. The van der Waals surface area contributed by atoms with Crippen LogP contribution in [0.1, 0.15) is 11.1 Å². The normalized spacial score (nSPS) is 10.2. The molecule has 0 unspecified atom stereocenters. The van der Waals surface area contributed by atoms with Crippen molar-refractivity contribution in [3.63, 3.8) is 0 Å². The fourth-order valence-corrected chi connectivity index (χ4v) is 2.09. The Morgan fingerprint density at radius 3 is 2.29 bits per heavy atom. The van der Waals surface area contributed by atoms with Gasteiger partial charge >= 0.3 is 0 Å². The van der Waals surface area contributed by atoms with Crippen molar-refractivity contribution in [3.05, 3.63) is 90.0 Å². The lowest BCUT2D eigenvalue weighted by atomic mass is 10.2. The molecule has 24 heavy (non-hydrogen) atoms. The average molecular weight is 339 g/mol. The van der Waals surface area contributed by atoms with Crippen LogP contribution in [0.25, 0.3) is 0 Å². The number of nitrogens with zero attached hydrogens (tertiary/aromatic N) is 1. The molecule has 3 aromatic carbocycles. The maximum absolute atomic E-state index is 5.81. The second-order valence-electron chi connectivity index (χ2n) is 5.22. The number of ether oxygens (including phenoxy) is 1. The van der Waals surface area contributed by atoms with Crippen molar-refractivity contribution in [1.82, 2.24) is 0 Å². The zero-order valence-corrected chi connectivity index (χ0v) is 14.2. The molecular formula is C20H19ClN2O. The van der Waals surface area contributed by atoms with E-state index >= 15 is 0 Å². The number of aryl methyl sites for hydroxylation is 1. The molecule has 1 N–H and O–H groups in total. The standard InChI is InChI=1S/C20H18N2O.ClH/c1-16-10-12-18(13-11-16)22-21-15-17-6-5-9-20(14-17)23-19-7-3-2-4-8-19;/h2-15,22H,1H3;1H/b21-15+;. The van der Waals surface area contributed by atoms with Gasteiger partial charge in [0.15, 0.2) is 0 Å². The van der Waals surface area contributed by atoms with E-state index < -0.39 is 0 Å². The molecule has 3 rings (SSSR count). The summed E-state index contributed by atoms with van der Waals surface area (Å²) in [7, 11) is 0. The van der Waals surface area contributed by atoms with Gasteiger partial charge < -0.3 is 4.74 Å². The van der Waals surface area contributed by atoms with Gasteiger partial charge in [-0.3, -0.25) is 5.43 Å². The largest absolute Gasteiger partial charge is 0.457 e. The van der Waals surface area contributed by atoms with Crippen LogP contribution in [-0.4, -0.2) is 6.21 Å². The lowest BCUT2D eigenvalue weighted by Gasteiger charge is -2.06. The molecule has 3 nitrogen and oxygen atoms in total. The SMILES string of the molecule is Cc1ccc(N/N=C/c2cccc(Oc3ccccc3)c2)cc1.Cl. The van der Waals surface area contributed by atoms with Crippen molar-refractivity contribution in [2.24, 2.45) is 5.10 Å². The van der Waals surface area contributed by atoms with Crippen LogP contribution in [0.2, 0.25) is 0 Å². The molecule has 0 saturated heterocycles. The molecule has 122 valence electrons. The predicted molar refractivity (Wildman–Crippen MR) is 103 cm³/mol. The number of nitrogens with one attached hydrogen (secondary N) is 1. The van der Waals surface area contributed by atoms with Crippen LogP contribution in [0.15, 0.2) is 84.0 Å². The maximum Gasteiger partial charge on any atom is 0.128 e. The molecule has 0 heterocycles. The molecule has 0 fully saturated rings. The van der Waals surface area contributed by atoms with E-state index in [4.69, 9.17) is 4.74 Å². The van der Waals surface area contributed by atoms with Gasteiger partial charge in [0.2, 0.25) is 0 Å². The van der Waals surface area contributed by atoms with Crippen molar-refractivity contribution < 1.29 is 4.74 Å². The Morgan fingerprint density at radius 1 is 0.833 bits per heavy atom. The van der Waals surface area contributed by atoms with Crippen LogP contribution in [0, 0.1) is 6.92 Å². The first kappa shape index (κ1) is 17.6. The van der Waals surface area contributed by atoms with E-state index in [-0.39, 0.29) is 12.4 Å². The molecule has 0 atom stereocenters. The molecule has 0 bridgehead atoms. The fraction of sp³-hybridized carbons (Fsp3) is 0.0500. The van der Waals surface area contributed by atoms with E-state index in [1.807, 2.05) is 78.9 Å². The summed E-state index contributed by atoms with van der Waals surface area (Å²) in [4.78, 5) is 0. The zero-order chi connectivity index (χ0) is 15.9. The van der Waals surface area contributed by atoms with Gasteiger partial charge in [-0.2, -0.15) is 5.10 Å². The van der Waals surface area contributed by atoms with Gasteiger partial charge in [-0.05, 0) is 48.9 Å². The third-order valence-electron chi connectivity index (χ3n) is 3.30. The Bertz CT molecular complexity index is 786. The highest BCUT2D eigenvalue weighted by Gasteiger charge is 1.97. The molecule has 4 heteroatoms. The second-order valence-corrected chi connectivity index (χ2v) is 5.22. The molecule has 3 aromatic rings.